The maximum atomic E-state index is 12.6. The summed E-state index contributed by atoms with van der Waals surface area (Å²) in [6.45, 7) is 9.34. The van der Waals surface area contributed by atoms with Crippen LogP contribution in [0.3, 0.4) is 0 Å². The predicted molar refractivity (Wildman–Crippen MR) is 105 cm³/mol. The summed E-state index contributed by atoms with van der Waals surface area (Å²) in [5.41, 5.74) is 2.63. The van der Waals surface area contributed by atoms with E-state index in [0.29, 0.717) is 30.4 Å². The van der Waals surface area contributed by atoms with Crippen molar-refractivity contribution in [1.29, 1.82) is 0 Å². The molecule has 0 bridgehead atoms. The molecule has 2 aromatic rings. The fourth-order valence-corrected chi connectivity index (χ4v) is 3.29. The van der Waals surface area contributed by atoms with E-state index in [1.807, 2.05) is 13.8 Å². The van der Waals surface area contributed by atoms with Crippen LogP contribution in [0.2, 0.25) is 0 Å². The molecule has 1 saturated heterocycles. The zero-order valence-electron chi connectivity index (χ0n) is 15.8. The molecule has 1 aliphatic heterocycles. The third-order valence-electron chi connectivity index (χ3n) is 4.72. The van der Waals surface area contributed by atoms with Crippen molar-refractivity contribution >= 4 is 23.1 Å². The van der Waals surface area contributed by atoms with Crippen LogP contribution in [0.15, 0.2) is 30.3 Å². The highest BCUT2D eigenvalue weighted by molar-refractivity contribution is 5.93. The molecule has 1 aromatic heterocycles. The van der Waals surface area contributed by atoms with Crippen LogP contribution in [-0.2, 0) is 0 Å². The lowest BCUT2D eigenvalue weighted by atomic mass is 10.2. The van der Waals surface area contributed by atoms with E-state index in [1.165, 1.54) is 18.5 Å². The quantitative estimate of drug-likeness (QED) is 0.859. The van der Waals surface area contributed by atoms with Crippen LogP contribution in [0.1, 0.15) is 43.0 Å². The highest BCUT2D eigenvalue weighted by Crippen LogP contribution is 2.23. The van der Waals surface area contributed by atoms with Gasteiger partial charge in [0.05, 0.1) is 0 Å². The van der Waals surface area contributed by atoms with Crippen LogP contribution in [-0.4, -0.2) is 47.0 Å². The van der Waals surface area contributed by atoms with Gasteiger partial charge in [-0.2, -0.15) is 0 Å². The number of aryl methyl sites for hydroxylation is 1. The Balaban J connectivity index is 1.76. The zero-order valence-corrected chi connectivity index (χ0v) is 15.8. The standard InChI is InChI=1S/C20H27N5O/c1-4-24(5-2)20(26)18-14-19(22-15(3)21-18)23-16-8-10-17(11-9-16)25-12-6-7-13-25/h8-11,14H,4-7,12-13H2,1-3H3,(H,21,22,23). The van der Waals surface area contributed by atoms with Crippen molar-refractivity contribution in [2.24, 2.45) is 0 Å². The zero-order chi connectivity index (χ0) is 18.5. The lowest BCUT2D eigenvalue weighted by Crippen LogP contribution is -2.31. The first-order valence-corrected chi connectivity index (χ1v) is 9.37. The van der Waals surface area contributed by atoms with Crippen molar-refractivity contribution in [3.05, 3.63) is 41.9 Å². The summed E-state index contributed by atoms with van der Waals surface area (Å²) >= 11 is 0. The SMILES string of the molecule is CCN(CC)C(=O)c1cc(Nc2ccc(N3CCCC3)cc2)nc(C)n1. The van der Waals surface area contributed by atoms with E-state index in [9.17, 15) is 4.79 Å². The summed E-state index contributed by atoms with van der Waals surface area (Å²) in [6, 6.07) is 10.1. The Morgan fingerprint density at radius 3 is 2.38 bits per heavy atom. The Kier molecular flexibility index (Phi) is 5.71. The molecule has 6 nitrogen and oxygen atoms in total. The number of benzene rings is 1. The molecule has 0 spiro atoms. The number of hydrogen-bond acceptors (Lipinski definition) is 5. The number of aromatic nitrogens is 2. The molecular formula is C20H27N5O. The fraction of sp³-hybridized carbons (Fsp3) is 0.450. The summed E-state index contributed by atoms with van der Waals surface area (Å²) < 4.78 is 0. The van der Waals surface area contributed by atoms with Gasteiger partial charge in [-0.15, -0.1) is 0 Å². The van der Waals surface area contributed by atoms with E-state index in [0.717, 1.165) is 18.8 Å². The number of nitrogens with zero attached hydrogens (tertiary/aromatic N) is 4. The molecule has 1 amide bonds. The van der Waals surface area contributed by atoms with Gasteiger partial charge in [0.2, 0.25) is 0 Å². The van der Waals surface area contributed by atoms with Crippen LogP contribution < -0.4 is 10.2 Å². The summed E-state index contributed by atoms with van der Waals surface area (Å²) in [4.78, 5) is 25.4. The molecule has 0 atom stereocenters. The van der Waals surface area contributed by atoms with Gasteiger partial charge >= 0.3 is 0 Å². The first-order valence-electron chi connectivity index (χ1n) is 9.37. The summed E-state index contributed by atoms with van der Waals surface area (Å²) in [6.07, 6.45) is 2.53. The normalized spacial score (nSPS) is 13.7. The fourth-order valence-electron chi connectivity index (χ4n) is 3.29. The van der Waals surface area contributed by atoms with Crippen LogP contribution >= 0.6 is 0 Å². The van der Waals surface area contributed by atoms with E-state index in [1.54, 1.807) is 17.9 Å². The van der Waals surface area contributed by atoms with Crippen LogP contribution in [0.4, 0.5) is 17.2 Å². The third kappa shape index (κ3) is 4.12. The summed E-state index contributed by atoms with van der Waals surface area (Å²) in [7, 11) is 0. The first kappa shape index (κ1) is 18.2. The van der Waals surface area contributed by atoms with Crippen molar-refractivity contribution < 1.29 is 4.79 Å². The van der Waals surface area contributed by atoms with Crippen molar-refractivity contribution in [2.75, 3.05) is 36.4 Å². The van der Waals surface area contributed by atoms with Crippen LogP contribution in [0.5, 0.6) is 0 Å². The summed E-state index contributed by atoms with van der Waals surface area (Å²) in [5, 5.41) is 3.29. The molecule has 1 aromatic carbocycles. The van der Waals surface area contributed by atoms with Crippen molar-refractivity contribution in [2.45, 2.75) is 33.6 Å². The smallest absolute Gasteiger partial charge is 0.272 e. The number of carbonyl (C=O) groups is 1. The number of amides is 1. The van der Waals surface area contributed by atoms with E-state index in [2.05, 4.69) is 44.5 Å². The maximum absolute atomic E-state index is 12.6. The molecule has 6 heteroatoms. The molecule has 0 radical (unpaired) electrons. The molecule has 3 rings (SSSR count). The number of hydrogen-bond donors (Lipinski definition) is 1. The second-order valence-electron chi connectivity index (χ2n) is 6.53. The molecule has 1 N–H and O–H groups in total. The van der Waals surface area contributed by atoms with Gasteiger partial charge in [-0.05, 0) is 57.9 Å². The molecule has 2 heterocycles. The highest BCUT2D eigenvalue weighted by Gasteiger charge is 2.16. The molecule has 1 aliphatic rings. The van der Waals surface area contributed by atoms with Gasteiger partial charge in [0, 0.05) is 43.6 Å². The van der Waals surface area contributed by atoms with E-state index in [-0.39, 0.29) is 5.91 Å². The van der Waals surface area contributed by atoms with Gasteiger partial charge < -0.3 is 15.1 Å². The second kappa shape index (κ2) is 8.17. The largest absolute Gasteiger partial charge is 0.372 e. The Hall–Kier alpha value is -2.63. The number of rotatable bonds is 6. The monoisotopic (exact) mass is 353 g/mol. The highest BCUT2D eigenvalue weighted by atomic mass is 16.2. The molecular weight excluding hydrogens is 326 g/mol. The Morgan fingerprint density at radius 1 is 1.12 bits per heavy atom. The van der Waals surface area contributed by atoms with Crippen molar-refractivity contribution in [3.63, 3.8) is 0 Å². The van der Waals surface area contributed by atoms with Gasteiger partial charge in [0.15, 0.2) is 0 Å². The molecule has 0 aliphatic carbocycles. The van der Waals surface area contributed by atoms with Gasteiger partial charge in [-0.3, -0.25) is 4.79 Å². The molecule has 138 valence electrons. The van der Waals surface area contributed by atoms with Gasteiger partial charge in [-0.1, -0.05) is 0 Å². The number of anilines is 3. The van der Waals surface area contributed by atoms with Crippen molar-refractivity contribution in [1.82, 2.24) is 14.9 Å². The lowest BCUT2D eigenvalue weighted by Gasteiger charge is -2.19. The summed E-state index contributed by atoms with van der Waals surface area (Å²) in [5.74, 6) is 1.16. The number of carbonyl (C=O) groups excluding carboxylic acids is 1. The molecule has 1 fully saturated rings. The van der Waals surface area contributed by atoms with Crippen LogP contribution in [0, 0.1) is 6.92 Å². The minimum absolute atomic E-state index is 0.0621. The Labute approximate surface area is 155 Å². The average Bonchev–Trinajstić information content (AvgIpc) is 3.17. The predicted octanol–water partition coefficient (Wildman–Crippen LogP) is 3.61. The molecule has 26 heavy (non-hydrogen) atoms. The van der Waals surface area contributed by atoms with E-state index >= 15 is 0 Å². The minimum atomic E-state index is -0.0621. The third-order valence-corrected chi connectivity index (χ3v) is 4.72. The Bertz CT molecular complexity index is 749. The molecule has 0 saturated carbocycles. The number of nitrogens with one attached hydrogen (secondary N) is 1. The first-order chi connectivity index (χ1) is 12.6. The van der Waals surface area contributed by atoms with E-state index < -0.39 is 0 Å². The minimum Gasteiger partial charge on any atom is -0.372 e. The lowest BCUT2D eigenvalue weighted by molar-refractivity contribution is 0.0766. The van der Waals surface area contributed by atoms with E-state index in [4.69, 9.17) is 0 Å². The second-order valence-corrected chi connectivity index (χ2v) is 6.53. The Morgan fingerprint density at radius 2 is 1.77 bits per heavy atom. The maximum Gasteiger partial charge on any atom is 0.272 e. The van der Waals surface area contributed by atoms with Crippen LogP contribution in [0.25, 0.3) is 0 Å². The molecule has 0 unspecified atom stereocenters. The van der Waals surface area contributed by atoms with Gasteiger partial charge in [0.25, 0.3) is 5.91 Å². The van der Waals surface area contributed by atoms with Gasteiger partial charge in [0.1, 0.15) is 17.3 Å². The topological polar surface area (TPSA) is 61.4 Å². The van der Waals surface area contributed by atoms with Crippen molar-refractivity contribution in [3.8, 4) is 0 Å². The van der Waals surface area contributed by atoms with Gasteiger partial charge in [-0.25, -0.2) is 9.97 Å². The average molecular weight is 353 g/mol.